The second-order valence-electron chi connectivity index (χ2n) is 6.22. The maximum atomic E-state index is 12.5. The maximum absolute atomic E-state index is 12.5. The first-order valence-corrected chi connectivity index (χ1v) is 10.7. The lowest BCUT2D eigenvalue weighted by Gasteiger charge is -2.24. The molecule has 1 aliphatic rings. The fraction of sp³-hybridized carbons (Fsp3) is 0.222. The largest absolute Gasteiger partial charge is 0.460 e. The van der Waals surface area contributed by atoms with E-state index in [1.165, 1.54) is 0 Å². The molecule has 0 spiro atoms. The molecule has 0 aromatic heterocycles. The van der Waals surface area contributed by atoms with E-state index in [1.54, 1.807) is 42.5 Å². The minimum atomic E-state index is -3.34. The van der Waals surface area contributed by atoms with Crippen LogP contribution in [-0.2, 0) is 31.0 Å². The average molecular weight is 453 g/mol. The summed E-state index contributed by atoms with van der Waals surface area (Å²) in [7, 11) is -3.34. The van der Waals surface area contributed by atoms with Crippen LogP contribution in [0.1, 0.15) is 23.5 Å². The fourth-order valence-electron chi connectivity index (χ4n) is 2.78. The Morgan fingerprint density at radius 1 is 1.26 bits per heavy atom. The van der Waals surface area contributed by atoms with Crippen molar-refractivity contribution < 1.29 is 22.7 Å². The third kappa shape index (κ3) is 5.08. The predicted octanol–water partition coefficient (Wildman–Crippen LogP) is 2.99. The summed E-state index contributed by atoms with van der Waals surface area (Å²) in [6.45, 7) is 0.0272. The van der Waals surface area contributed by atoms with Crippen molar-refractivity contribution in [3.8, 4) is 0 Å². The number of rotatable bonds is 5. The van der Waals surface area contributed by atoms with Crippen LogP contribution in [0.5, 0.6) is 0 Å². The van der Waals surface area contributed by atoms with Gasteiger partial charge in [-0.15, -0.1) is 0 Å². The summed E-state index contributed by atoms with van der Waals surface area (Å²) in [5, 5.41) is 2.75. The molecule has 2 aromatic rings. The van der Waals surface area contributed by atoms with E-state index in [4.69, 9.17) is 4.74 Å². The van der Waals surface area contributed by atoms with Gasteiger partial charge in [0.15, 0.2) is 0 Å². The zero-order chi connectivity index (χ0) is 19.6. The number of halogens is 1. The van der Waals surface area contributed by atoms with Gasteiger partial charge in [-0.3, -0.25) is 14.3 Å². The molecule has 0 fully saturated rings. The minimum Gasteiger partial charge on any atom is -0.460 e. The topological polar surface area (TPSA) is 102 Å². The van der Waals surface area contributed by atoms with Crippen LogP contribution in [0, 0.1) is 0 Å². The Bertz CT molecular complexity index is 989. The highest BCUT2D eigenvalue weighted by Gasteiger charge is 2.32. The minimum absolute atomic E-state index is 0.0272. The zero-order valence-electron chi connectivity index (χ0n) is 14.4. The van der Waals surface area contributed by atoms with E-state index >= 15 is 0 Å². The van der Waals surface area contributed by atoms with Crippen molar-refractivity contribution in [3.05, 3.63) is 58.1 Å². The van der Waals surface area contributed by atoms with Crippen LogP contribution < -0.4 is 10.0 Å². The summed E-state index contributed by atoms with van der Waals surface area (Å²) < 4.78 is 31.0. The SMILES string of the molecule is CS(=O)(=O)Nc1ccc(COC(=O)C2CC(=O)Nc3ccc(Br)cc32)cc1. The van der Waals surface area contributed by atoms with Crippen molar-refractivity contribution in [2.75, 3.05) is 16.3 Å². The van der Waals surface area contributed by atoms with Crippen molar-refractivity contribution in [3.63, 3.8) is 0 Å². The van der Waals surface area contributed by atoms with Gasteiger partial charge in [0, 0.05) is 22.3 Å². The molecule has 9 heteroatoms. The number of anilines is 2. The first-order chi connectivity index (χ1) is 12.7. The molecule has 1 aliphatic heterocycles. The highest BCUT2D eigenvalue weighted by atomic mass is 79.9. The number of amides is 1. The van der Waals surface area contributed by atoms with E-state index in [9.17, 15) is 18.0 Å². The number of benzene rings is 2. The standard InChI is InChI=1S/C18H17BrN2O5S/c1-27(24,25)21-13-5-2-11(3-6-13)10-26-18(23)15-9-17(22)20-16-7-4-12(19)8-14(15)16/h2-8,15,21H,9-10H2,1H3,(H,20,22). The van der Waals surface area contributed by atoms with Crippen LogP contribution in [0.15, 0.2) is 46.9 Å². The summed E-state index contributed by atoms with van der Waals surface area (Å²) >= 11 is 3.37. The number of nitrogens with one attached hydrogen (secondary N) is 2. The van der Waals surface area contributed by atoms with Crippen molar-refractivity contribution in [2.24, 2.45) is 0 Å². The molecule has 1 atom stereocenters. The molecule has 27 heavy (non-hydrogen) atoms. The Kier molecular flexibility index (Phi) is 5.52. The van der Waals surface area contributed by atoms with Crippen LogP contribution in [0.25, 0.3) is 0 Å². The normalized spacial score (nSPS) is 16.2. The molecule has 1 unspecified atom stereocenters. The number of fused-ring (bicyclic) bond motifs is 1. The van der Waals surface area contributed by atoms with Gasteiger partial charge in [-0.2, -0.15) is 0 Å². The third-order valence-corrected chi connectivity index (χ3v) is 5.08. The van der Waals surface area contributed by atoms with Crippen LogP contribution in [0.3, 0.4) is 0 Å². The van der Waals surface area contributed by atoms with E-state index in [0.29, 0.717) is 22.5 Å². The Morgan fingerprint density at radius 3 is 2.63 bits per heavy atom. The average Bonchev–Trinajstić information content (AvgIpc) is 2.59. The first kappa shape index (κ1) is 19.4. The molecular formula is C18H17BrN2O5S. The summed E-state index contributed by atoms with van der Waals surface area (Å²) in [5.74, 6) is -1.39. The van der Waals surface area contributed by atoms with Crippen LogP contribution in [0.2, 0.25) is 0 Å². The number of esters is 1. The van der Waals surface area contributed by atoms with Gasteiger partial charge in [0.1, 0.15) is 6.61 Å². The van der Waals surface area contributed by atoms with Crippen molar-refractivity contribution in [1.29, 1.82) is 0 Å². The molecule has 0 saturated carbocycles. The first-order valence-electron chi connectivity index (χ1n) is 8.04. The van der Waals surface area contributed by atoms with Gasteiger partial charge in [-0.05, 0) is 41.5 Å². The Balaban J connectivity index is 1.68. The van der Waals surface area contributed by atoms with Gasteiger partial charge < -0.3 is 10.1 Å². The number of ether oxygens (including phenoxy) is 1. The van der Waals surface area contributed by atoms with Gasteiger partial charge in [-0.1, -0.05) is 28.1 Å². The molecule has 0 bridgehead atoms. The number of hydrogen-bond acceptors (Lipinski definition) is 5. The summed E-state index contributed by atoms with van der Waals surface area (Å²) in [6.07, 6.45) is 1.10. The van der Waals surface area contributed by atoms with Gasteiger partial charge in [0.2, 0.25) is 15.9 Å². The lowest BCUT2D eigenvalue weighted by Crippen LogP contribution is -2.28. The molecule has 0 saturated heterocycles. The van der Waals surface area contributed by atoms with Gasteiger partial charge >= 0.3 is 5.97 Å². The van der Waals surface area contributed by atoms with Gasteiger partial charge in [0.25, 0.3) is 0 Å². The van der Waals surface area contributed by atoms with Crippen LogP contribution >= 0.6 is 15.9 Å². The molecule has 1 heterocycles. The molecule has 2 aromatic carbocycles. The lowest BCUT2D eigenvalue weighted by atomic mass is 9.91. The number of hydrogen-bond donors (Lipinski definition) is 2. The molecule has 3 rings (SSSR count). The summed E-state index contributed by atoms with van der Waals surface area (Å²) in [6, 6.07) is 11.8. The predicted molar refractivity (Wildman–Crippen MR) is 105 cm³/mol. The van der Waals surface area contributed by atoms with E-state index in [-0.39, 0.29) is 18.9 Å². The molecule has 0 aliphatic carbocycles. The lowest BCUT2D eigenvalue weighted by molar-refractivity contribution is -0.148. The smallest absolute Gasteiger partial charge is 0.314 e. The number of sulfonamides is 1. The van der Waals surface area contributed by atoms with E-state index in [2.05, 4.69) is 26.0 Å². The second-order valence-corrected chi connectivity index (χ2v) is 8.88. The molecule has 0 radical (unpaired) electrons. The molecule has 142 valence electrons. The van der Waals surface area contributed by atoms with E-state index in [1.807, 2.05) is 0 Å². The highest BCUT2D eigenvalue weighted by Crippen LogP contribution is 2.35. The van der Waals surface area contributed by atoms with Crippen molar-refractivity contribution >= 4 is 49.2 Å². The van der Waals surface area contributed by atoms with Gasteiger partial charge in [-0.25, -0.2) is 8.42 Å². The molecular weight excluding hydrogens is 436 g/mol. The quantitative estimate of drug-likeness (QED) is 0.678. The monoisotopic (exact) mass is 452 g/mol. The Hall–Kier alpha value is -2.39. The van der Waals surface area contributed by atoms with Crippen molar-refractivity contribution in [1.82, 2.24) is 0 Å². The number of carbonyl (C=O) groups is 2. The third-order valence-electron chi connectivity index (χ3n) is 3.98. The molecule has 7 nitrogen and oxygen atoms in total. The van der Waals surface area contributed by atoms with Gasteiger partial charge in [0.05, 0.1) is 12.2 Å². The van der Waals surface area contributed by atoms with Crippen LogP contribution in [0.4, 0.5) is 11.4 Å². The zero-order valence-corrected chi connectivity index (χ0v) is 16.8. The summed E-state index contributed by atoms with van der Waals surface area (Å²) in [5.41, 5.74) is 2.45. The van der Waals surface area contributed by atoms with E-state index in [0.717, 1.165) is 10.7 Å². The fourth-order valence-corrected chi connectivity index (χ4v) is 3.72. The molecule has 1 amide bonds. The second kappa shape index (κ2) is 7.69. The Morgan fingerprint density at radius 2 is 1.96 bits per heavy atom. The Labute approximate surface area is 165 Å². The maximum Gasteiger partial charge on any atom is 0.314 e. The van der Waals surface area contributed by atoms with Crippen molar-refractivity contribution in [2.45, 2.75) is 18.9 Å². The van der Waals surface area contributed by atoms with E-state index < -0.39 is 21.9 Å². The van der Waals surface area contributed by atoms with Crippen LogP contribution in [-0.4, -0.2) is 26.6 Å². The molecule has 2 N–H and O–H groups in total. The highest BCUT2D eigenvalue weighted by molar-refractivity contribution is 9.10. The number of carbonyl (C=O) groups excluding carboxylic acids is 2. The summed E-state index contributed by atoms with van der Waals surface area (Å²) in [4.78, 5) is 24.4.